The molecule has 26 heavy (non-hydrogen) atoms. The number of benzene rings is 1. The molecule has 0 amide bonds. The van der Waals surface area contributed by atoms with Gasteiger partial charge in [-0.15, -0.1) is 0 Å². The van der Waals surface area contributed by atoms with Crippen LogP contribution in [0.1, 0.15) is 57.4 Å². The Bertz CT molecular complexity index is 825. The van der Waals surface area contributed by atoms with Gasteiger partial charge in [0.05, 0.1) is 16.4 Å². The zero-order valence-electron chi connectivity index (χ0n) is 15.6. The van der Waals surface area contributed by atoms with Crippen molar-refractivity contribution in [2.45, 2.75) is 62.8 Å². The van der Waals surface area contributed by atoms with E-state index in [1.54, 1.807) is 19.1 Å². The first-order chi connectivity index (χ1) is 12.2. The summed E-state index contributed by atoms with van der Waals surface area (Å²) < 4.78 is 51.5. The molecule has 7 heteroatoms. The minimum atomic E-state index is -3.70. The molecule has 2 atom stereocenters. The van der Waals surface area contributed by atoms with Gasteiger partial charge in [0.2, 0.25) is 10.0 Å². The molecule has 0 aromatic heterocycles. The van der Waals surface area contributed by atoms with E-state index in [1.165, 1.54) is 42.0 Å². The molecule has 1 heterocycles. The van der Waals surface area contributed by atoms with Crippen LogP contribution in [-0.4, -0.2) is 45.2 Å². The molecule has 0 N–H and O–H groups in total. The van der Waals surface area contributed by atoms with Crippen LogP contribution in [0.5, 0.6) is 0 Å². The van der Waals surface area contributed by atoms with Crippen molar-refractivity contribution in [3.05, 3.63) is 29.8 Å². The number of nitrogens with zero attached hydrogens (tertiary/aromatic N) is 1. The molecule has 1 saturated heterocycles. The van der Waals surface area contributed by atoms with Gasteiger partial charge in [0.1, 0.15) is 0 Å². The summed E-state index contributed by atoms with van der Waals surface area (Å²) >= 11 is 0. The molecule has 1 aromatic rings. The van der Waals surface area contributed by atoms with Crippen LogP contribution < -0.4 is 0 Å². The molecule has 0 radical (unpaired) electrons. The SMILES string of the molecule is CCN([C@@H]1CS(=O)(=O)C[C@H]1C)S(=O)(=O)c1ccc(C2CCCCC2)cc1. The molecular formula is C19H29NO4S2. The lowest BCUT2D eigenvalue weighted by molar-refractivity contribution is 0.303. The Morgan fingerprint density at radius 2 is 1.65 bits per heavy atom. The van der Waals surface area contributed by atoms with Crippen molar-refractivity contribution >= 4 is 19.9 Å². The first-order valence-electron chi connectivity index (χ1n) is 9.57. The maximum Gasteiger partial charge on any atom is 0.243 e. The second-order valence-corrected chi connectivity index (χ2v) is 11.8. The summed E-state index contributed by atoms with van der Waals surface area (Å²) in [5, 5.41) is 0. The van der Waals surface area contributed by atoms with Gasteiger partial charge < -0.3 is 0 Å². The smallest absolute Gasteiger partial charge is 0.229 e. The molecular weight excluding hydrogens is 370 g/mol. The lowest BCUT2D eigenvalue weighted by atomic mass is 9.84. The topological polar surface area (TPSA) is 71.5 Å². The van der Waals surface area contributed by atoms with Gasteiger partial charge in [-0.3, -0.25) is 0 Å². The lowest BCUT2D eigenvalue weighted by Gasteiger charge is -2.29. The zero-order valence-corrected chi connectivity index (χ0v) is 17.2. The normalized spacial score (nSPS) is 27.0. The van der Waals surface area contributed by atoms with E-state index < -0.39 is 25.9 Å². The number of sulfone groups is 1. The molecule has 2 aliphatic rings. The van der Waals surface area contributed by atoms with Gasteiger partial charge in [-0.05, 0) is 42.4 Å². The van der Waals surface area contributed by atoms with E-state index in [0.29, 0.717) is 5.92 Å². The Hall–Kier alpha value is -0.920. The quantitative estimate of drug-likeness (QED) is 0.762. The zero-order chi connectivity index (χ0) is 18.9. The van der Waals surface area contributed by atoms with E-state index in [9.17, 15) is 16.8 Å². The minimum Gasteiger partial charge on any atom is -0.229 e. The summed E-state index contributed by atoms with van der Waals surface area (Å²) in [7, 11) is -6.87. The second kappa shape index (κ2) is 7.60. The molecule has 1 aliphatic carbocycles. The van der Waals surface area contributed by atoms with E-state index in [2.05, 4.69) is 0 Å². The van der Waals surface area contributed by atoms with Crippen LogP contribution in [0.15, 0.2) is 29.2 Å². The van der Waals surface area contributed by atoms with Crippen LogP contribution >= 0.6 is 0 Å². The van der Waals surface area contributed by atoms with Crippen molar-refractivity contribution < 1.29 is 16.8 Å². The fourth-order valence-electron chi connectivity index (χ4n) is 4.44. The van der Waals surface area contributed by atoms with Crippen molar-refractivity contribution in [1.82, 2.24) is 4.31 Å². The van der Waals surface area contributed by atoms with Crippen molar-refractivity contribution in [1.29, 1.82) is 0 Å². The number of rotatable bonds is 5. The van der Waals surface area contributed by atoms with Gasteiger partial charge >= 0.3 is 0 Å². The van der Waals surface area contributed by atoms with Gasteiger partial charge in [0.15, 0.2) is 9.84 Å². The predicted octanol–water partition coefficient (Wildman–Crippen LogP) is 3.18. The highest BCUT2D eigenvalue weighted by molar-refractivity contribution is 7.92. The number of hydrogen-bond donors (Lipinski definition) is 0. The summed E-state index contributed by atoms with van der Waals surface area (Å²) in [4.78, 5) is 0.260. The fourth-order valence-corrected chi connectivity index (χ4v) is 8.45. The highest BCUT2D eigenvalue weighted by atomic mass is 32.2. The van der Waals surface area contributed by atoms with Crippen LogP contribution in [0.4, 0.5) is 0 Å². The van der Waals surface area contributed by atoms with E-state index in [0.717, 1.165) is 0 Å². The molecule has 0 unspecified atom stereocenters. The van der Waals surface area contributed by atoms with Gasteiger partial charge in [0, 0.05) is 12.6 Å². The number of hydrogen-bond acceptors (Lipinski definition) is 4. The molecule has 1 aromatic carbocycles. The van der Waals surface area contributed by atoms with Crippen LogP contribution in [0.25, 0.3) is 0 Å². The predicted molar refractivity (Wildman–Crippen MR) is 103 cm³/mol. The Morgan fingerprint density at radius 3 is 2.15 bits per heavy atom. The number of sulfonamides is 1. The molecule has 2 fully saturated rings. The first-order valence-corrected chi connectivity index (χ1v) is 12.8. The highest BCUT2D eigenvalue weighted by Crippen LogP contribution is 2.34. The minimum absolute atomic E-state index is 0.0598. The van der Waals surface area contributed by atoms with Crippen molar-refractivity contribution in [2.24, 2.45) is 5.92 Å². The average Bonchev–Trinajstić information content (AvgIpc) is 2.88. The van der Waals surface area contributed by atoms with Crippen LogP contribution in [0.2, 0.25) is 0 Å². The molecule has 3 rings (SSSR count). The van der Waals surface area contributed by atoms with Gasteiger partial charge in [-0.25, -0.2) is 16.8 Å². The summed E-state index contributed by atoms with van der Waals surface area (Å²) in [6.45, 7) is 3.86. The molecule has 1 aliphatic heterocycles. The monoisotopic (exact) mass is 399 g/mol. The van der Waals surface area contributed by atoms with Gasteiger partial charge in [0.25, 0.3) is 0 Å². The van der Waals surface area contributed by atoms with E-state index >= 15 is 0 Å². The average molecular weight is 400 g/mol. The Balaban J connectivity index is 1.84. The summed E-state index contributed by atoms with van der Waals surface area (Å²) in [6.07, 6.45) is 6.11. The fraction of sp³-hybridized carbons (Fsp3) is 0.684. The van der Waals surface area contributed by atoms with E-state index in [4.69, 9.17) is 0 Å². The van der Waals surface area contributed by atoms with Crippen molar-refractivity contribution in [3.8, 4) is 0 Å². The van der Waals surface area contributed by atoms with Crippen LogP contribution in [0, 0.1) is 5.92 Å². The molecule has 5 nitrogen and oxygen atoms in total. The third-order valence-corrected chi connectivity index (χ3v) is 9.74. The summed E-state index contributed by atoms with van der Waals surface area (Å²) in [5.41, 5.74) is 1.21. The summed E-state index contributed by atoms with van der Waals surface area (Å²) in [5.74, 6) is 0.324. The van der Waals surface area contributed by atoms with Gasteiger partial charge in [-0.2, -0.15) is 4.31 Å². The maximum atomic E-state index is 13.1. The first kappa shape index (κ1) is 19.8. The largest absolute Gasteiger partial charge is 0.243 e. The molecule has 1 saturated carbocycles. The molecule has 0 bridgehead atoms. The van der Waals surface area contributed by atoms with Crippen molar-refractivity contribution in [3.63, 3.8) is 0 Å². The molecule has 0 spiro atoms. The Labute approximate surface area is 157 Å². The summed E-state index contributed by atoms with van der Waals surface area (Å²) in [6, 6.07) is 6.77. The maximum absolute atomic E-state index is 13.1. The van der Waals surface area contributed by atoms with Crippen molar-refractivity contribution in [2.75, 3.05) is 18.1 Å². The Morgan fingerprint density at radius 1 is 1.04 bits per heavy atom. The van der Waals surface area contributed by atoms with E-state index in [1.807, 2.05) is 19.1 Å². The van der Waals surface area contributed by atoms with Gasteiger partial charge in [-0.1, -0.05) is 45.2 Å². The van der Waals surface area contributed by atoms with Crippen LogP contribution in [0.3, 0.4) is 0 Å². The molecule has 146 valence electrons. The third kappa shape index (κ3) is 3.99. The Kier molecular flexibility index (Phi) is 5.80. The van der Waals surface area contributed by atoms with E-state index in [-0.39, 0.29) is 28.9 Å². The lowest BCUT2D eigenvalue weighted by Crippen LogP contribution is -2.43. The standard InChI is InChI=1S/C19H29NO4S2/c1-3-20(19-14-25(21,22)13-15(19)2)26(23,24)18-11-9-17(10-12-18)16-7-5-4-6-8-16/h9-12,15-16,19H,3-8,13-14H2,1-2H3/t15-,19-/m1/s1. The highest BCUT2D eigenvalue weighted by Gasteiger charge is 2.42. The third-order valence-electron chi connectivity index (χ3n) is 5.84. The second-order valence-electron chi connectivity index (χ2n) is 7.73. The van der Waals surface area contributed by atoms with Crippen LogP contribution in [-0.2, 0) is 19.9 Å².